The van der Waals surface area contributed by atoms with Crippen LogP contribution in [0.5, 0.6) is 0 Å². The maximum atomic E-state index is 5.87. The molecular formula is C20H27N. The van der Waals surface area contributed by atoms with Crippen LogP contribution in [0.1, 0.15) is 51.5 Å². The number of allylic oxidation sites excluding steroid dienone is 2. The van der Waals surface area contributed by atoms with Gasteiger partial charge in [-0.25, -0.2) is 0 Å². The summed E-state index contributed by atoms with van der Waals surface area (Å²) in [6.07, 6.45) is 3.40. The van der Waals surface area contributed by atoms with Crippen molar-refractivity contribution in [1.82, 2.24) is 0 Å². The molecule has 2 aromatic rings. The Kier molecular flexibility index (Phi) is 5.58. The van der Waals surface area contributed by atoms with E-state index in [0.717, 1.165) is 13.0 Å². The first-order valence-corrected chi connectivity index (χ1v) is 8.02. The molecule has 1 heteroatoms. The molecule has 0 saturated heterocycles. The Balaban J connectivity index is 2.42. The summed E-state index contributed by atoms with van der Waals surface area (Å²) in [6.45, 7) is 7.52. The van der Waals surface area contributed by atoms with Gasteiger partial charge in [-0.15, -0.1) is 0 Å². The van der Waals surface area contributed by atoms with Gasteiger partial charge >= 0.3 is 0 Å². The second kappa shape index (κ2) is 7.42. The van der Waals surface area contributed by atoms with Crippen LogP contribution in [-0.4, -0.2) is 6.54 Å². The van der Waals surface area contributed by atoms with Crippen LogP contribution in [-0.2, 0) is 0 Å². The minimum absolute atomic E-state index is 0.450. The van der Waals surface area contributed by atoms with Crippen molar-refractivity contribution in [2.45, 2.75) is 46.0 Å². The molecule has 0 spiro atoms. The number of benzene rings is 2. The maximum absolute atomic E-state index is 5.87. The van der Waals surface area contributed by atoms with Crippen LogP contribution in [0.3, 0.4) is 0 Å². The highest BCUT2D eigenvalue weighted by Crippen LogP contribution is 2.32. The van der Waals surface area contributed by atoms with Gasteiger partial charge in [0.25, 0.3) is 0 Å². The van der Waals surface area contributed by atoms with E-state index in [1.807, 2.05) is 0 Å². The summed E-state index contributed by atoms with van der Waals surface area (Å²) in [5.74, 6) is 0.450. The lowest BCUT2D eigenvalue weighted by Gasteiger charge is -2.21. The van der Waals surface area contributed by atoms with Gasteiger partial charge in [0.15, 0.2) is 0 Å². The van der Waals surface area contributed by atoms with Crippen molar-refractivity contribution in [2.75, 3.05) is 6.54 Å². The molecule has 0 fully saturated rings. The normalized spacial score (nSPS) is 14.1. The van der Waals surface area contributed by atoms with Crippen LogP contribution in [0.15, 0.2) is 53.6 Å². The minimum Gasteiger partial charge on any atom is -0.330 e. The van der Waals surface area contributed by atoms with Gasteiger partial charge in [-0.1, -0.05) is 67.0 Å². The molecule has 1 nitrogen and oxygen atoms in total. The fourth-order valence-corrected chi connectivity index (χ4v) is 3.09. The van der Waals surface area contributed by atoms with Crippen LogP contribution in [0.25, 0.3) is 10.8 Å². The van der Waals surface area contributed by atoms with Gasteiger partial charge in [-0.2, -0.15) is 0 Å². The molecule has 2 rings (SSSR count). The standard InChI is InChI=1S/C20H27N/c1-4-7-15(2)16(3)20(12-13-21)19-11-10-17-8-5-6-9-18(17)14-19/h5-6,8-11,14,20H,4,7,12-13,21H2,1-3H3/b16-15+. The second-order valence-electron chi connectivity index (χ2n) is 5.95. The molecule has 0 aromatic heterocycles. The largest absolute Gasteiger partial charge is 0.330 e. The Hall–Kier alpha value is -1.60. The molecule has 21 heavy (non-hydrogen) atoms. The molecule has 0 bridgehead atoms. The van der Waals surface area contributed by atoms with Crippen molar-refractivity contribution in [2.24, 2.45) is 5.73 Å². The molecule has 2 aromatic carbocycles. The van der Waals surface area contributed by atoms with Crippen LogP contribution >= 0.6 is 0 Å². The zero-order valence-electron chi connectivity index (χ0n) is 13.5. The smallest absolute Gasteiger partial charge is 0.00601 e. The SMILES string of the molecule is CCC/C(C)=C(\C)C(CCN)c1ccc2ccccc2c1. The summed E-state index contributed by atoms with van der Waals surface area (Å²) in [5.41, 5.74) is 10.3. The first-order valence-electron chi connectivity index (χ1n) is 8.02. The predicted molar refractivity (Wildman–Crippen MR) is 93.6 cm³/mol. The van der Waals surface area contributed by atoms with E-state index in [1.165, 1.54) is 40.3 Å². The second-order valence-corrected chi connectivity index (χ2v) is 5.95. The van der Waals surface area contributed by atoms with Gasteiger partial charge in [0, 0.05) is 5.92 Å². The first-order chi connectivity index (χ1) is 10.2. The molecule has 1 unspecified atom stereocenters. The highest BCUT2D eigenvalue weighted by Gasteiger charge is 2.15. The van der Waals surface area contributed by atoms with E-state index in [2.05, 4.69) is 63.2 Å². The van der Waals surface area contributed by atoms with Crippen molar-refractivity contribution >= 4 is 10.8 Å². The lowest BCUT2D eigenvalue weighted by molar-refractivity contribution is 0.697. The highest BCUT2D eigenvalue weighted by atomic mass is 14.5. The predicted octanol–water partition coefficient (Wildman–Crippen LogP) is 5.41. The van der Waals surface area contributed by atoms with Crippen molar-refractivity contribution in [3.05, 3.63) is 59.2 Å². The third-order valence-electron chi connectivity index (χ3n) is 4.45. The maximum Gasteiger partial charge on any atom is 0.00601 e. The van der Waals surface area contributed by atoms with Crippen molar-refractivity contribution in [3.8, 4) is 0 Å². The van der Waals surface area contributed by atoms with E-state index >= 15 is 0 Å². The monoisotopic (exact) mass is 281 g/mol. The average molecular weight is 281 g/mol. The number of fused-ring (bicyclic) bond motifs is 1. The molecule has 0 aliphatic heterocycles. The number of hydrogen-bond donors (Lipinski definition) is 1. The lowest BCUT2D eigenvalue weighted by atomic mass is 9.85. The fraction of sp³-hybridized carbons (Fsp3) is 0.400. The van der Waals surface area contributed by atoms with Gasteiger partial charge in [0.2, 0.25) is 0 Å². The Morgan fingerprint density at radius 2 is 1.76 bits per heavy atom. The molecule has 0 saturated carbocycles. The Labute approximate surface area is 128 Å². The van der Waals surface area contributed by atoms with E-state index < -0.39 is 0 Å². The Bertz CT molecular complexity index is 625. The topological polar surface area (TPSA) is 26.0 Å². The van der Waals surface area contributed by atoms with E-state index in [0.29, 0.717) is 5.92 Å². The first kappa shape index (κ1) is 15.8. The third-order valence-corrected chi connectivity index (χ3v) is 4.45. The summed E-state index contributed by atoms with van der Waals surface area (Å²) in [7, 11) is 0. The number of nitrogens with two attached hydrogens (primary N) is 1. The summed E-state index contributed by atoms with van der Waals surface area (Å²) in [4.78, 5) is 0. The van der Waals surface area contributed by atoms with Crippen LogP contribution in [0.4, 0.5) is 0 Å². The summed E-state index contributed by atoms with van der Waals surface area (Å²) >= 11 is 0. The van der Waals surface area contributed by atoms with Gasteiger partial charge in [-0.3, -0.25) is 0 Å². The van der Waals surface area contributed by atoms with Gasteiger partial charge in [-0.05, 0) is 49.6 Å². The molecule has 112 valence electrons. The number of hydrogen-bond acceptors (Lipinski definition) is 1. The molecule has 0 amide bonds. The third kappa shape index (κ3) is 3.74. The van der Waals surface area contributed by atoms with Gasteiger partial charge in [0.05, 0.1) is 0 Å². The average Bonchev–Trinajstić information content (AvgIpc) is 2.51. The van der Waals surface area contributed by atoms with Crippen molar-refractivity contribution in [3.63, 3.8) is 0 Å². The van der Waals surface area contributed by atoms with E-state index in [9.17, 15) is 0 Å². The fourth-order valence-electron chi connectivity index (χ4n) is 3.09. The zero-order chi connectivity index (χ0) is 15.2. The molecule has 0 aliphatic carbocycles. The molecule has 1 atom stereocenters. The summed E-state index contributed by atoms with van der Waals surface area (Å²) in [6, 6.07) is 15.4. The van der Waals surface area contributed by atoms with Crippen molar-refractivity contribution < 1.29 is 0 Å². The van der Waals surface area contributed by atoms with Crippen molar-refractivity contribution in [1.29, 1.82) is 0 Å². The quantitative estimate of drug-likeness (QED) is 0.704. The molecule has 0 radical (unpaired) electrons. The van der Waals surface area contributed by atoms with Gasteiger partial charge in [0.1, 0.15) is 0 Å². The Morgan fingerprint density at radius 1 is 1.05 bits per heavy atom. The lowest BCUT2D eigenvalue weighted by Crippen LogP contribution is -2.10. The Morgan fingerprint density at radius 3 is 2.43 bits per heavy atom. The molecule has 0 heterocycles. The van der Waals surface area contributed by atoms with Gasteiger partial charge < -0.3 is 5.73 Å². The van der Waals surface area contributed by atoms with Crippen LogP contribution < -0.4 is 5.73 Å². The summed E-state index contributed by atoms with van der Waals surface area (Å²) in [5, 5.41) is 2.62. The molecule has 2 N–H and O–H groups in total. The van der Waals surface area contributed by atoms with E-state index in [-0.39, 0.29) is 0 Å². The van der Waals surface area contributed by atoms with E-state index in [4.69, 9.17) is 5.73 Å². The van der Waals surface area contributed by atoms with Crippen LogP contribution in [0.2, 0.25) is 0 Å². The number of rotatable bonds is 6. The summed E-state index contributed by atoms with van der Waals surface area (Å²) < 4.78 is 0. The van der Waals surface area contributed by atoms with E-state index in [1.54, 1.807) is 0 Å². The molecular weight excluding hydrogens is 254 g/mol. The minimum atomic E-state index is 0.450. The highest BCUT2D eigenvalue weighted by molar-refractivity contribution is 5.83. The molecule has 0 aliphatic rings. The zero-order valence-corrected chi connectivity index (χ0v) is 13.5. The van der Waals surface area contributed by atoms with Crippen LogP contribution in [0, 0.1) is 0 Å².